The molecular weight excluding hydrogens is 376 g/mol. The maximum Gasteiger partial charge on any atom is 0.306 e. The largest absolute Gasteiger partial charge is 0.460 e. The van der Waals surface area contributed by atoms with Crippen LogP contribution in [0.3, 0.4) is 0 Å². The number of rotatable bonds is 8. The molecule has 2 aliphatic carbocycles. The van der Waals surface area contributed by atoms with Gasteiger partial charge >= 0.3 is 5.97 Å². The van der Waals surface area contributed by atoms with Crippen molar-refractivity contribution >= 4 is 5.97 Å². The number of carbonyl (C=O) groups excluding carboxylic acids is 1. The molecule has 0 aromatic heterocycles. The summed E-state index contributed by atoms with van der Waals surface area (Å²) in [6, 6.07) is 0. The molecule has 0 spiro atoms. The first-order valence-corrected chi connectivity index (χ1v) is 11.1. The molecule has 30 heavy (non-hydrogen) atoms. The minimum Gasteiger partial charge on any atom is -0.460 e. The molecule has 2 rings (SSSR count). The van der Waals surface area contributed by atoms with E-state index in [0.29, 0.717) is 18.3 Å². The molecular formula is C26H40O4. The van der Waals surface area contributed by atoms with E-state index in [2.05, 4.69) is 11.8 Å². The molecule has 1 unspecified atom stereocenters. The molecule has 0 heterocycles. The minimum absolute atomic E-state index is 0.00327. The highest BCUT2D eigenvalue weighted by Crippen LogP contribution is 2.50. The van der Waals surface area contributed by atoms with E-state index < -0.39 is 30.2 Å². The van der Waals surface area contributed by atoms with Crippen LogP contribution in [0.5, 0.6) is 0 Å². The van der Waals surface area contributed by atoms with Gasteiger partial charge in [0.1, 0.15) is 5.60 Å². The lowest BCUT2D eigenvalue weighted by atomic mass is 9.89. The topological polar surface area (TPSA) is 66.8 Å². The smallest absolute Gasteiger partial charge is 0.306 e. The zero-order valence-corrected chi connectivity index (χ0v) is 19.1. The summed E-state index contributed by atoms with van der Waals surface area (Å²) in [5, 5.41) is 20.9. The molecule has 4 nitrogen and oxygen atoms in total. The van der Waals surface area contributed by atoms with Crippen molar-refractivity contribution in [3.63, 3.8) is 0 Å². The summed E-state index contributed by atoms with van der Waals surface area (Å²) in [7, 11) is 0. The summed E-state index contributed by atoms with van der Waals surface area (Å²) in [4.78, 5) is 12.0. The highest BCUT2D eigenvalue weighted by molar-refractivity contribution is 5.69. The van der Waals surface area contributed by atoms with Gasteiger partial charge < -0.3 is 14.9 Å². The molecule has 2 aliphatic rings. The van der Waals surface area contributed by atoms with Crippen LogP contribution in [-0.2, 0) is 9.53 Å². The Morgan fingerprint density at radius 2 is 2.13 bits per heavy atom. The van der Waals surface area contributed by atoms with Gasteiger partial charge in [-0.25, -0.2) is 0 Å². The van der Waals surface area contributed by atoms with E-state index in [-0.39, 0.29) is 24.7 Å². The van der Waals surface area contributed by atoms with Crippen LogP contribution in [0.15, 0.2) is 23.8 Å². The van der Waals surface area contributed by atoms with E-state index in [0.717, 1.165) is 19.3 Å². The predicted octanol–water partition coefficient (Wildman–Crippen LogP) is 4.80. The Morgan fingerprint density at radius 3 is 2.80 bits per heavy atom. The van der Waals surface area contributed by atoms with Crippen LogP contribution in [0.25, 0.3) is 0 Å². The SMILES string of the molecule is [2H]C([2H])(C/C=C1\C[C@H]2C[C@@H](O)[C@H](/C=C/[C@@H](O)C(C)CC#CC)[C@H]2C1)CC(=O)OC(C)(C)C. The molecule has 2 N–H and O–H groups in total. The molecule has 0 aromatic carbocycles. The Balaban J connectivity index is 1.94. The Kier molecular flexibility index (Phi) is 8.06. The van der Waals surface area contributed by atoms with Crippen molar-refractivity contribution in [1.29, 1.82) is 0 Å². The van der Waals surface area contributed by atoms with Crippen molar-refractivity contribution in [2.45, 2.75) is 97.3 Å². The Bertz CT molecular complexity index is 769. The first kappa shape index (κ1) is 21.7. The van der Waals surface area contributed by atoms with Crippen molar-refractivity contribution in [3.05, 3.63) is 23.8 Å². The third-order valence-corrected chi connectivity index (χ3v) is 6.05. The second-order valence-electron chi connectivity index (χ2n) is 9.78. The van der Waals surface area contributed by atoms with E-state index in [1.54, 1.807) is 33.8 Å². The van der Waals surface area contributed by atoms with Gasteiger partial charge in [0.05, 0.1) is 12.2 Å². The van der Waals surface area contributed by atoms with Crippen LogP contribution in [0.2, 0.25) is 0 Å². The summed E-state index contributed by atoms with van der Waals surface area (Å²) < 4.78 is 21.6. The summed E-state index contributed by atoms with van der Waals surface area (Å²) in [5.74, 6) is 6.06. The summed E-state index contributed by atoms with van der Waals surface area (Å²) in [5.41, 5.74) is 0.581. The number of fused-ring (bicyclic) bond motifs is 1. The van der Waals surface area contributed by atoms with Gasteiger partial charge in [-0.05, 0) is 77.5 Å². The van der Waals surface area contributed by atoms with E-state index in [9.17, 15) is 15.0 Å². The number of carbonyl (C=O) groups is 1. The van der Waals surface area contributed by atoms with Gasteiger partial charge in [-0.1, -0.05) is 30.7 Å². The fraction of sp³-hybridized carbons (Fsp3) is 0.731. The zero-order valence-electron chi connectivity index (χ0n) is 21.1. The van der Waals surface area contributed by atoms with Gasteiger partial charge in [0, 0.05) is 21.5 Å². The normalized spacial score (nSPS) is 31.0. The third-order valence-electron chi connectivity index (χ3n) is 6.05. The van der Waals surface area contributed by atoms with Gasteiger partial charge in [0.25, 0.3) is 0 Å². The maximum absolute atomic E-state index is 12.0. The van der Waals surface area contributed by atoms with Gasteiger partial charge in [0.2, 0.25) is 0 Å². The minimum atomic E-state index is -1.65. The summed E-state index contributed by atoms with van der Waals surface area (Å²) in [6.45, 7) is 9.08. The second-order valence-corrected chi connectivity index (χ2v) is 9.78. The van der Waals surface area contributed by atoms with Crippen molar-refractivity contribution < 1.29 is 22.5 Å². The molecule has 0 saturated heterocycles. The molecule has 4 heteroatoms. The average molecular weight is 419 g/mol. The number of ether oxygens (including phenoxy) is 1. The van der Waals surface area contributed by atoms with Gasteiger partial charge in [-0.2, -0.15) is 0 Å². The molecule has 6 atom stereocenters. The maximum atomic E-state index is 12.0. The van der Waals surface area contributed by atoms with E-state index in [4.69, 9.17) is 7.48 Å². The standard InChI is InChI=1S/C26H40O4/c1-6-7-10-18(2)23(27)14-13-21-22-16-19(15-20(22)17-24(21)28)11-8-9-12-25(29)30-26(3,4)5/h11,13-14,18,20-24,27-28H,8-10,12,15-17H2,1-5H3/b14-13+,19-11+/t18?,20-,21+,22-,23+,24+/m0/s1/i9D2. The van der Waals surface area contributed by atoms with Crippen LogP contribution in [0.4, 0.5) is 0 Å². The molecule has 0 aromatic rings. The van der Waals surface area contributed by atoms with Gasteiger partial charge in [-0.3, -0.25) is 4.79 Å². The van der Waals surface area contributed by atoms with Crippen molar-refractivity contribution in [2.75, 3.05) is 0 Å². The quantitative estimate of drug-likeness (QED) is 0.338. The van der Waals surface area contributed by atoms with Crippen LogP contribution in [0, 0.1) is 35.5 Å². The first-order chi connectivity index (χ1) is 14.8. The van der Waals surface area contributed by atoms with Crippen molar-refractivity contribution in [3.8, 4) is 11.8 Å². The van der Waals surface area contributed by atoms with Gasteiger partial charge in [0.15, 0.2) is 0 Å². The molecule has 0 radical (unpaired) electrons. The lowest BCUT2D eigenvalue weighted by Crippen LogP contribution is -2.23. The van der Waals surface area contributed by atoms with E-state index in [1.165, 1.54) is 5.57 Å². The lowest BCUT2D eigenvalue weighted by Gasteiger charge is -2.19. The molecule has 0 bridgehead atoms. The number of hydrogen-bond acceptors (Lipinski definition) is 4. The third kappa shape index (κ3) is 7.60. The summed E-state index contributed by atoms with van der Waals surface area (Å²) >= 11 is 0. The highest BCUT2D eigenvalue weighted by Gasteiger charge is 2.44. The summed E-state index contributed by atoms with van der Waals surface area (Å²) in [6.07, 6.45) is 6.06. The van der Waals surface area contributed by atoms with Crippen molar-refractivity contribution in [1.82, 2.24) is 0 Å². The Morgan fingerprint density at radius 1 is 1.40 bits per heavy atom. The molecule has 2 saturated carbocycles. The molecule has 168 valence electrons. The lowest BCUT2D eigenvalue weighted by molar-refractivity contribution is -0.154. The van der Waals surface area contributed by atoms with E-state index in [1.807, 2.05) is 19.1 Å². The van der Waals surface area contributed by atoms with Crippen LogP contribution in [0.1, 0.15) is 82.3 Å². The predicted molar refractivity (Wildman–Crippen MR) is 120 cm³/mol. The van der Waals surface area contributed by atoms with Crippen LogP contribution in [-0.4, -0.2) is 34.0 Å². The Labute approximate surface area is 185 Å². The number of esters is 1. The number of allylic oxidation sites excluding steroid dienone is 2. The highest BCUT2D eigenvalue weighted by atomic mass is 16.6. The average Bonchev–Trinajstić information content (AvgIpc) is 3.17. The fourth-order valence-corrected chi connectivity index (χ4v) is 4.52. The van der Waals surface area contributed by atoms with Crippen LogP contribution < -0.4 is 0 Å². The number of aliphatic hydroxyl groups excluding tert-OH is 2. The monoisotopic (exact) mass is 418 g/mol. The number of hydrogen-bond donors (Lipinski definition) is 2. The molecule has 0 aliphatic heterocycles. The zero-order chi connectivity index (χ0) is 24.1. The fourth-order valence-electron chi connectivity index (χ4n) is 4.52. The molecule has 0 amide bonds. The van der Waals surface area contributed by atoms with Gasteiger partial charge in [-0.15, -0.1) is 11.8 Å². The second kappa shape index (κ2) is 11.2. The van der Waals surface area contributed by atoms with Crippen LogP contribution >= 0.6 is 0 Å². The first-order valence-electron chi connectivity index (χ1n) is 12.1. The molecule has 2 fully saturated rings. The van der Waals surface area contributed by atoms with Crippen molar-refractivity contribution in [2.24, 2.45) is 23.7 Å². The number of aliphatic hydroxyl groups is 2. The van der Waals surface area contributed by atoms with E-state index >= 15 is 0 Å². The Hall–Kier alpha value is -1.57.